The largest absolute Gasteiger partial charge is 0.299 e. The van der Waals surface area contributed by atoms with Crippen molar-refractivity contribution >= 4 is 17.3 Å². The maximum Gasteiger partial charge on any atom is 0.190 e. The molecule has 0 amide bonds. The van der Waals surface area contributed by atoms with E-state index in [1.165, 1.54) is 6.08 Å². The van der Waals surface area contributed by atoms with Gasteiger partial charge in [-0.25, -0.2) is 0 Å². The molecule has 0 aromatic heterocycles. The van der Waals surface area contributed by atoms with Crippen molar-refractivity contribution in [3.8, 4) is 0 Å². The number of rotatable bonds is 3. The van der Waals surface area contributed by atoms with E-state index in [9.17, 15) is 14.4 Å². The maximum atomic E-state index is 12.3. The lowest BCUT2D eigenvalue weighted by molar-refractivity contribution is -0.121. The van der Waals surface area contributed by atoms with Crippen LogP contribution in [0.15, 0.2) is 35.9 Å². The van der Waals surface area contributed by atoms with Gasteiger partial charge in [0.05, 0.1) is 0 Å². The summed E-state index contributed by atoms with van der Waals surface area (Å²) in [7, 11) is 0. The fourth-order valence-electron chi connectivity index (χ4n) is 3.08. The summed E-state index contributed by atoms with van der Waals surface area (Å²) in [5.41, 5.74) is 1.22. The van der Waals surface area contributed by atoms with Crippen molar-refractivity contribution in [2.24, 2.45) is 5.92 Å². The predicted octanol–water partition coefficient (Wildman–Crippen LogP) is 3.14. The third kappa shape index (κ3) is 2.24. The zero-order chi connectivity index (χ0) is 14.1. The van der Waals surface area contributed by atoms with Crippen molar-refractivity contribution in [3.63, 3.8) is 0 Å². The van der Waals surface area contributed by atoms with E-state index in [1.54, 1.807) is 24.3 Å². The highest BCUT2D eigenvalue weighted by Crippen LogP contribution is 2.29. The Hall–Kier alpha value is -2.03. The molecule has 0 bridgehead atoms. The summed E-state index contributed by atoms with van der Waals surface area (Å²) in [4.78, 5) is 36.5. The van der Waals surface area contributed by atoms with Gasteiger partial charge >= 0.3 is 0 Å². The second-order valence-corrected chi connectivity index (χ2v) is 5.53. The Bertz CT molecular complexity index is 619. The fourth-order valence-corrected chi connectivity index (χ4v) is 3.08. The molecule has 0 spiro atoms. The molecule has 0 unspecified atom stereocenters. The molecule has 0 saturated heterocycles. The Balaban J connectivity index is 1.83. The third-order valence-corrected chi connectivity index (χ3v) is 4.21. The molecule has 1 saturated carbocycles. The number of ketones is 3. The number of allylic oxidation sites excluding steroid dienone is 2. The monoisotopic (exact) mass is 268 g/mol. The summed E-state index contributed by atoms with van der Waals surface area (Å²) >= 11 is 0. The Kier molecular flexibility index (Phi) is 3.35. The van der Waals surface area contributed by atoms with Gasteiger partial charge in [-0.05, 0) is 18.9 Å². The number of carbonyl (C=O) groups is 3. The van der Waals surface area contributed by atoms with Crippen LogP contribution in [0.5, 0.6) is 0 Å². The van der Waals surface area contributed by atoms with Gasteiger partial charge in [-0.15, -0.1) is 0 Å². The molecular weight excluding hydrogens is 252 g/mol. The molecule has 0 heterocycles. The van der Waals surface area contributed by atoms with Gasteiger partial charge in [0.15, 0.2) is 11.6 Å². The van der Waals surface area contributed by atoms with E-state index in [2.05, 4.69) is 0 Å². The summed E-state index contributed by atoms with van der Waals surface area (Å²) in [5, 5.41) is 0. The minimum absolute atomic E-state index is 0.0796. The smallest absolute Gasteiger partial charge is 0.190 e. The van der Waals surface area contributed by atoms with Crippen molar-refractivity contribution in [2.45, 2.75) is 32.1 Å². The summed E-state index contributed by atoms with van der Waals surface area (Å²) in [6.45, 7) is 0. The third-order valence-electron chi connectivity index (χ3n) is 4.21. The highest BCUT2D eigenvalue weighted by Gasteiger charge is 2.29. The van der Waals surface area contributed by atoms with Gasteiger partial charge in [-0.1, -0.05) is 37.1 Å². The molecule has 1 aromatic rings. The lowest BCUT2D eigenvalue weighted by Gasteiger charge is -2.15. The number of benzene rings is 1. The first kappa shape index (κ1) is 13.0. The first-order valence-corrected chi connectivity index (χ1v) is 7.08. The summed E-state index contributed by atoms with van der Waals surface area (Å²) in [5.74, 6) is -0.161. The SMILES string of the molecule is O=C1C=C(CC(=O)C2CCCC2)C(=O)c2ccccc21. The van der Waals surface area contributed by atoms with Crippen LogP contribution in [0.3, 0.4) is 0 Å². The van der Waals surface area contributed by atoms with E-state index >= 15 is 0 Å². The van der Waals surface area contributed by atoms with E-state index in [0.717, 1.165) is 25.7 Å². The van der Waals surface area contributed by atoms with Crippen molar-refractivity contribution in [1.29, 1.82) is 0 Å². The Labute approximate surface area is 117 Å². The molecule has 2 aliphatic carbocycles. The molecule has 0 atom stereocenters. The van der Waals surface area contributed by atoms with Crippen LogP contribution in [0, 0.1) is 5.92 Å². The van der Waals surface area contributed by atoms with Crippen LogP contribution >= 0.6 is 0 Å². The van der Waals surface area contributed by atoms with Crippen molar-refractivity contribution in [1.82, 2.24) is 0 Å². The maximum absolute atomic E-state index is 12.3. The molecule has 1 aromatic carbocycles. The fraction of sp³-hybridized carbons (Fsp3) is 0.353. The molecule has 1 fully saturated rings. The van der Waals surface area contributed by atoms with Crippen LogP contribution in [-0.2, 0) is 4.79 Å². The number of carbonyl (C=O) groups excluding carboxylic acids is 3. The molecule has 0 N–H and O–H groups in total. The second-order valence-electron chi connectivity index (χ2n) is 5.53. The van der Waals surface area contributed by atoms with Gasteiger partial charge in [0.25, 0.3) is 0 Å². The van der Waals surface area contributed by atoms with E-state index < -0.39 is 0 Å². The van der Waals surface area contributed by atoms with Crippen LogP contribution in [0.25, 0.3) is 0 Å². The number of hydrogen-bond acceptors (Lipinski definition) is 3. The van der Waals surface area contributed by atoms with Gasteiger partial charge in [-0.2, -0.15) is 0 Å². The van der Waals surface area contributed by atoms with Crippen molar-refractivity contribution < 1.29 is 14.4 Å². The topological polar surface area (TPSA) is 51.2 Å². The lowest BCUT2D eigenvalue weighted by Crippen LogP contribution is -2.21. The Morgan fingerprint density at radius 2 is 1.70 bits per heavy atom. The van der Waals surface area contributed by atoms with Crippen molar-refractivity contribution in [2.75, 3.05) is 0 Å². The van der Waals surface area contributed by atoms with Crippen LogP contribution in [-0.4, -0.2) is 17.3 Å². The van der Waals surface area contributed by atoms with Crippen LogP contribution in [0.2, 0.25) is 0 Å². The molecular formula is C17H16O3. The normalized spacial score (nSPS) is 18.9. The molecule has 0 aliphatic heterocycles. The highest BCUT2D eigenvalue weighted by atomic mass is 16.1. The minimum atomic E-state index is -0.174. The number of Topliss-reactive ketones (excluding diaryl/α,β-unsaturated/α-hetero) is 2. The quantitative estimate of drug-likeness (QED) is 0.846. The number of fused-ring (bicyclic) bond motifs is 1. The zero-order valence-corrected chi connectivity index (χ0v) is 11.2. The first-order valence-electron chi connectivity index (χ1n) is 7.08. The average Bonchev–Trinajstić information content (AvgIpc) is 2.99. The predicted molar refractivity (Wildman–Crippen MR) is 74.8 cm³/mol. The second kappa shape index (κ2) is 5.16. The van der Waals surface area contributed by atoms with E-state index in [-0.39, 0.29) is 29.7 Å². The molecule has 3 rings (SSSR count). The number of hydrogen-bond donors (Lipinski definition) is 0. The van der Waals surface area contributed by atoms with E-state index in [4.69, 9.17) is 0 Å². The van der Waals surface area contributed by atoms with Crippen molar-refractivity contribution in [3.05, 3.63) is 47.0 Å². The summed E-state index contributed by atoms with van der Waals surface area (Å²) < 4.78 is 0. The van der Waals surface area contributed by atoms with Gasteiger partial charge in [-0.3, -0.25) is 14.4 Å². The lowest BCUT2D eigenvalue weighted by atomic mass is 9.85. The average molecular weight is 268 g/mol. The van der Waals surface area contributed by atoms with Crippen LogP contribution in [0.4, 0.5) is 0 Å². The standard InChI is InChI=1S/C17H16O3/c18-15(11-5-1-2-6-11)9-12-10-16(19)13-7-3-4-8-14(13)17(12)20/h3-4,7-8,10-11H,1-2,5-6,9H2. The van der Waals surface area contributed by atoms with Crippen LogP contribution < -0.4 is 0 Å². The Morgan fingerprint density at radius 3 is 2.40 bits per heavy atom. The van der Waals surface area contributed by atoms with E-state index in [1.807, 2.05) is 0 Å². The van der Waals surface area contributed by atoms with E-state index in [0.29, 0.717) is 16.7 Å². The zero-order valence-electron chi connectivity index (χ0n) is 11.2. The minimum Gasteiger partial charge on any atom is -0.299 e. The molecule has 0 radical (unpaired) electrons. The van der Waals surface area contributed by atoms with Gasteiger partial charge in [0.1, 0.15) is 5.78 Å². The van der Waals surface area contributed by atoms with Gasteiger partial charge in [0, 0.05) is 29.0 Å². The van der Waals surface area contributed by atoms with Gasteiger partial charge in [0.2, 0.25) is 0 Å². The summed E-state index contributed by atoms with van der Waals surface area (Å²) in [6.07, 6.45) is 5.47. The molecule has 3 heteroatoms. The Morgan fingerprint density at radius 1 is 1.05 bits per heavy atom. The molecule has 20 heavy (non-hydrogen) atoms. The molecule has 2 aliphatic rings. The molecule has 3 nitrogen and oxygen atoms in total. The first-order chi connectivity index (χ1) is 9.66. The highest BCUT2D eigenvalue weighted by molar-refractivity contribution is 6.25. The van der Waals surface area contributed by atoms with Crippen LogP contribution in [0.1, 0.15) is 52.8 Å². The molecule has 102 valence electrons. The summed E-state index contributed by atoms with van der Waals surface area (Å²) in [6, 6.07) is 6.79. The van der Waals surface area contributed by atoms with Gasteiger partial charge < -0.3 is 0 Å².